The van der Waals surface area contributed by atoms with Crippen molar-refractivity contribution < 1.29 is 13.2 Å². The van der Waals surface area contributed by atoms with Crippen molar-refractivity contribution in [3.05, 3.63) is 46.4 Å². The van der Waals surface area contributed by atoms with Gasteiger partial charge in [0.1, 0.15) is 10.3 Å². The molecule has 7 nitrogen and oxygen atoms in total. The van der Waals surface area contributed by atoms with Crippen molar-refractivity contribution in [3.63, 3.8) is 0 Å². The first kappa shape index (κ1) is 19.5. The van der Waals surface area contributed by atoms with E-state index in [1.165, 1.54) is 21.7 Å². The zero-order valence-corrected chi connectivity index (χ0v) is 17.6. The van der Waals surface area contributed by atoms with Crippen LogP contribution in [-0.4, -0.2) is 41.2 Å². The summed E-state index contributed by atoms with van der Waals surface area (Å²) in [5.41, 5.74) is 1.55. The molecule has 1 fully saturated rings. The first-order valence-corrected chi connectivity index (χ1v) is 11.9. The van der Waals surface area contributed by atoms with Crippen LogP contribution < -0.4 is 5.32 Å². The average Bonchev–Trinajstić information content (AvgIpc) is 3.43. The minimum absolute atomic E-state index is 0.144. The number of nitrogens with one attached hydrogen (secondary N) is 1. The van der Waals surface area contributed by atoms with Gasteiger partial charge in [-0.1, -0.05) is 11.6 Å². The van der Waals surface area contributed by atoms with Crippen LogP contribution in [0.5, 0.6) is 0 Å². The third kappa shape index (κ3) is 3.83. The normalized spacial score (nSPS) is 17.7. The van der Waals surface area contributed by atoms with Crippen molar-refractivity contribution in [1.82, 2.24) is 14.3 Å². The molecule has 0 spiro atoms. The van der Waals surface area contributed by atoms with E-state index in [2.05, 4.69) is 15.3 Å². The second-order valence-electron chi connectivity index (χ2n) is 6.10. The van der Waals surface area contributed by atoms with Gasteiger partial charge in [0.15, 0.2) is 5.13 Å². The lowest BCUT2D eigenvalue weighted by atomic mass is 10.2. The Morgan fingerprint density at radius 2 is 2.18 bits per heavy atom. The molecule has 1 saturated heterocycles. The van der Waals surface area contributed by atoms with E-state index in [4.69, 9.17) is 11.6 Å². The van der Waals surface area contributed by atoms with E-state index in [-0.39, 0.29) is 10.1 Å². The van der Waals surface area contributed by atoms with Crippen LogP contribution in [0.3, 0.4) is 0 Å². The molecule has 3 aromatic heterocycles. The van der Waals surface area contributed by atoms with Gasteiger partial charge in [-0.05, 0) is 37.1 Å². The molecular formula is C17H15ClN4O3S3. The van der Waals surface area contributed by atoms with E-state index in [9.17, 15) is 13.2 Å². The lowest BCUT2D eigenvalue weighted by Crippen LogP contribution is -2.42. The molecule has 11 heteroatoms. The number of aromatic nitrogens is 2. The number of thiophene rings is 1. The molecule has 28 heavy (non-hydrogen) atoms. The fourth-order valence-corrected chi connectivity index (χ4v) is 7.00. The first-order chi connectivity index (χ1) is 13.4. The molecule has 1 aliphatic heterocycles. The molecule has 3 aromatic rings. The number of carbonyl (C=O) groups excluding carboxylic acids is 1. The number of anilines is 1. The number of halogens is 1. The number of pyridine rings is 1. The molecular weight excluding hydrogens is 440 g/mol. The Morgan fingerprint density at radius 3 is 2.89 bits per heavy atom. The summed E-state index contributed by atoms with van der Waals surface area (Å²) in [5, 5.41) is 5.00. The van der Waals surface area contributed by atoms with E-state index >= 15 is 0 Å². The molecule has 0 radical (unpaired) electrons. The highest BCUT2D eigenvalue weighted by Crippen LogP contribution is 2.33. The third-order valence-electron chi connectivity index (χ3n) is 4.31. The van der Waals surface area contributed by atoms with Crippen molar-refractivity contribution in [3.8, 4) is 11.3 Å². The van der Waals surface area contributed by atoms with Gasteiger partial charge in [0.25, 0.3) is 10.0 Å². The van der Waals surface area contributed by atoms with E-state index < -0.39 is 16.1 Å². The van der Waals surface area contributed by atoms with Crippen LogP contribution in [0.2, 0.25) is 4.34 Å². The van der Waals surface area contributed by atoms with E-state index in [1.807, 2.05) is 17.5 Å². The summed E-state index contributed by atoms with van der Waals surface area (Å²) < 4.78 is 27.6. The van der Waals surface area contributed by atoms with Gasteiger partial charge in [-0.3, -0.25) is 9.78 Å². The van der Waals surface area contributed by atoms with Crippen LogP contribution in [0, 0.1) is 0 Å². The molecule has 1 aliphatic rings. The van der Waals surface area contributed by atoms with Crippen LogP contribution in [0.25, 0.3) is 11.3 Å². The van der Waals surface area contributed by atoms with Crippen molar-refractivity contribution in [2.75, 3.05) is 11.9 Å². The van der Waals surface area contributed by atoms with Crippen molar-refractivity contribution in [2.24, 2.45) is 0 Å². The van der Waals surface area contributed by atoms with Crippen molar-refractivity contribution in [1.29, 1.82) is 0 Å². The van der Waals surface area contributed by atoms with Crippen LogP contribution in [0.1, 0.15) is 12.8 Å². The SMILES string of the molecule is O=C(Nc1nc(-c2cccnc2)cs1)[C@@H]1CCCN1S(=O)(=O)c1ccc(Cl)s1. The highest BCUT2D eigenvalue weighted by atomic mass is 35.5. The maximum absolute atomic E-state index is 12.9. The topological polar surface area (TPSA) is 92.3 Å². The summed E-state index contributed by atoms with van der Waals surface area (Å²) in [7, 11) is -3.76. The van der Waals surface area contributed by atoms with E-state index in [0.717, 1.165) is 16.9 Å². The highest BCUT2D eigenvalue weighted by Gasteiger charge is 2.40. The fraction of sp³-hybridized carbons (Fsp3) is 0.235. The van der Waals surface area contributed by atoms with Crippen molar-refractivity contribution in [2.45, 2.75) is 23.1 Å². The Hall–Kier alpha value is -1.85. The smallest absolute Gasteiger partial charge is 0.253 e. The number of rotatable bonds is 5. The molecule has 0 saturated carbocycles. The predicted octanol–water partition coefficient (Wildman–Crippen LogP) is 3.71. The second kappa shape index (κ2) is 7.88. The zero-order chi connectivity index (χ0) is 19.7. The van der Waals surface area contributed by atoms with Crippen LogP contribution in [0.4, 0.5) is 5.13 Å². The largest absolute Gasteiger partial charge is 0.301 e. The van der Waals surface area contributed by atoms with Gasteiger partial charge in [-0.25, -0.2) is 13.4 Å². The average molecular weight is 455 g/mol. The molecule has 146 valence electrons. The first-order valence-electron chi connectivity index (χ1n) is 8.39. The van der Waals surface area contributed by atoms with Crippen LogP contribution >= 0.6 is 34.3 Å². The Labute approximate surface area is 175 Å². The summed E-state index contributed by atoms with van der Waals surface area (Å²) in [4.78, 5) is 21.2. The third-order valence-corrected chi connectivity index (χ3v) is 8.67. The highest BCUT2D eigenvalue weighted by molar-refractivity contribution is 7.91. The maximum Gasteiger partial charge on any atom is 0.253 e. The molecule has 4 rings (SSSR count). The number of carbonyl (C=O) groups is 1. The lowest BCUT2D eigenvalue weighted by Gasteiger charge is -2.22. The monoisotopic (exact) mass is 454 g/mol. The van der Waals surface area contributed by atoms with Gasteiger partial charge in [-0.15, -0.1) is 22.7 Å². The Morgan fingerprint density at radius 1 is 1.32 bits per heavy atom. The quantitative estimate of drug-likeness (QED) is 0.634. The minimum Gasteiger partial charge on any atom is -0.301 e. The summed E-state index contributed by atoms with van der Waals surface area (Å²) in [6, 6.07) is 5.93. The van der Waals surface area contributed by atoms with Crippen LogP contribution in [0.15, 0.2) is 46.2 Å². The van der Waals surface area contributed by atoms with Crippen molar-refractivity contribution >= 4 is 55.3 Å². The summed E-state index contributed by atoms with van der Waals surface area (Å²) in [6.45, 7) is 0.300. The number of hydrogen-bond acceptors (Lipinski definition) is 7. The molecule has 0 bridgehead atoms. The lowest BCUT2D eigenvalue weighted by molar-refractivity contribution is -0.119. The molecule has 0 aliphatic carbocycles. The zero-order valence-electron chi connectivity index (χ0n) is 14.4. The second-order valence-corrected chi connectivity index (χ2v) is 10.8. The molecule has 1 atom stereocenters. The van der Waals surface area contributed by atoms with Gasteiger partial charge in [-0.2, -0.15) is 4.31 Å². The molecule has 4 heterocycles. The maximum atomic E-state index is 12.9. The van der Waals surface area contributed by atoms with E-state index in [0.29, 0.717) is 34.5 Å². The van der Waals surface area contributed by atoms with Gasteiger partial charge in [0, 0.05) is 29.9 Å². The Balaban J connectivity index is 1.51. The van der Waals surface area contributed by atoms with Crippen LogP contribution in [-0.2, 0) is 14.8 Å². The number of hydrogen-bond donors (Lipinski definition) is 1. The van der Waals surface area contributed by atoms with Gasteiger partial charge in [0.2, 0.25) is 5.91 Å². The predicted molar refractivity (Wildman–Crippen MR) is 110 cm³/mol. The molecule has 1 amide bonds. The van der Waals surface area contributed by atoms with Gasteiger partial charge < -0.3 is 5.32 Å². The Bertz CT molecular complexity index is 1100. The fourth-order valence-electron chi connectivity index (χ4n) is 3.01. The van der Waals surface area contributed by atoms with E-state index in [1.54, 1.807) is 18.5 Å². The molecule has 0 aromatic carbocycles. The number of thiazole rings is 1. The Kier molecular flexibility index (Phi) is 5.48. The number of sulfonamides is 1. The summed E-state index contributed by atoms with van der Waals surface area (Å²) >= 11 is 8.15. The summed E-state index contributed by atoms with van der Waals surface area (Å²) in [6.07, 6.45) is 4.45. The molecule has 0 unspecified atom stereocenters. The molecule has 1 N–H and O–H groups in total. The number of amides is 1. The number of nitrogens with zero attached hydrogens (tertiary/aromatic N) is 3. The standard InChI is InChI=1S/C17H15ClN4O3S3/c18-14-5-6-15(27-14)28(24,25)22-8-2-4-13(22)16(23)21-17-20-12(10-26-17)11-3-1-7-19-9-11/h1,3,5-7,9-10,13H,2,4,8H2,(H,20,21,23)/t13-/m0/s1. The minimum atomic E-state index is -3.76. The van der Waals surface area contributed by atoms with Gasteiger partial charge in [0.05, 0.1) is 10.0 Å². The summed E-state index contributed by atoms with van der Waals surface area (Å²) in [5.74, 6) is -0.379. The van der Waals surface area contributed by atoms with Gasteiger partial charge >= 0.3 is 0 Å².